The SMILES string of the molecule is CCC1CCCCCN1CCc1ccc(N)cc1. The number of nitrogen functional groups attached to an aromatic ring is 1. The molecule has 2 N–H and O–H groups in total. The van der Waals surface area contributed by atoms with Crippen LogP contribution in [-0.2, 0) is 6.42 Å². The van der Waals surface area contributed by atoms with Crippen molar-refractivity contribution in [2.45, 2.75) is 51.5 Å². The second-order valence-corrected chi connectivity index (χ2v) is 5.44. The van der Waals surface area contributed by atoms with Crippen molar-refractivity contribution >= 4 is 5.69 Å². The summed E-state index contributed by atoms with van der Waals surface area (Å²) < 4.78 is 0. The van der Waals surface area contributed by atoms with Gasteiger partial charge >= 0.3 is 0 Å². The number of rotatable bonds is 4. The van der Waals surface area contributed by atoms with Gasteiger partial charge in [-0.1, -0.05) is 31.9 Å². The Hall–Kier alpha value is -1.02. The Bertz CT molecular complexity index is 345. The minimum absolute atomic E-state index is 0.807. The molecule has 0 aliphatic carbocycles. The molecule has 2 nitrogen and oxygen atoms in total. The fourth-order valence-corrected chi connectivity index (χ4v) is 2.95. The quantitative estimate of drug-likeness (QED) is 0.824. The van der Waals surface area contributed by atoms with Gasteiger partial charge < -0.3 is 10.6 Å². The van der Waals surface area contributed by atoms with E-state index in [0.717, 1.165) is 18.2 Å². The standard InChI is InChI=1S/C16H26N2/c1-2-16-6-4-3-5-12-18(16)13-11-14-7-9-15(17)10-8-14/h7-10,16H,2-6,11-13,17H2,1H3. The second-order valence-electron chi connectivity index (χ2n) is 5.44. The summed E-state index contributed by atoms with van der Waals surface area (Å²) in [6, 6.07) is 9.15. The van der Waals surface area contributed by atoms with Crippen LogP contribution in [0.15, 0.2) is 24.3 Å². The van der Waals surface area contributed by atoms with Crippen LogP contribution in [0, 0.1) is 0 Å². The summed E-state index contributed by atoms with van der Waals surface area (Å²) in [6.45, 7) is 4.81. The molecule has 1 aliphatic heterocycles. The van der Waals surface area contributed by atoms with Crippen LogP contribution in [0.2, 0.25) is 0 Å². The molecule has 1 aromatic carbocycles. The molecule has 1 fully saturated rings. The van der Waals surface area contributed by atoms with Crippen LogP contribution in [0.1, 0.15) is 44.6 Å². The first kappa shape index (κ1) is 13.4. The van der Waals surface area contributed by atoms with Gasteiger partial charge in [0.15, 0.2) is 0 Å². The molecular formula is C16H26N2. The average Bonchev–Trinajstić information content (AvgIpc) is 2.63. The molecule has 2 rings (SSSR count). The first-order chi connectivity index (χ1) is 8.79. The molecule has 100 valence electrons. The van der Waals surface area contributed by atoms with Crippen molar-refractivity contribution in [1.82, 2.24) is 4.90 Å². The number of likely N-dealkylation sites (tertiary alicyclic amines) is 1. The van der Waals surface area contributed by atoms with Crippen LogP contribution in [-0.4, -0.2) is 24.0 Å². The Morgan fingerprint density at radius 3 is 2.67 bits per heavy atom. The van der Waals surface area contributed by atoms with Gasteiger partial charge in [0.05, 0.1) is 0 Å². The first-order valence-electron chi connectivity index (χ1n) is 7.38. The van der Waals surface area contributed by atoms with Crippen LogP contribution in [0.25, 0.3) is 0 Å². The largest absolute Gasteiger partial charge is 0.399 e. The molecule has 0 bridgehead atoms. The molecule has 18 heavy (non-hydrogen) atoms. The lowest BCUT2D eigenvalue weighted by Crippen LogP contribution is -2.36. The lowest BCUT2D eigenvalue weighted by atomic mass is 10.1. The van der Waals surface area contributed by atoms with Gasteiger partial charge in [-0.05, 0) is 49.9 Å². The lowest BCUT2D eigenvalue weighted by Gasteiger charge is -2.29. The van der Waals surface area contributed by atoms with Gasteiger partial charge in [-0.2, -0.15) is 0 Å². The third kappa shape index (κ3) is 3.74. The second kappa shape index (κ2) is 6.79. The van der Waals surface area contributed by atoms with E-state index in [1.54, 1.807) is 0 Å². The van der Waals surface area contributed by atoms with Crippen molar-refractivity contribution in [2.75, 3.05) is 18.8 Å². The summed E-state index contributed by atoms with van der Waals surface area (Å²) in [5, 5.41) is 0. The third-order valence-corrected chi connectivity index (χ3v) is 4.14. The first-order valence-corrected chi connectivity index (χ1v) is 7.38. The maximum Gasteiger partial charge on any atom is 0.0314 e. The highest BCUT2D eigenvalue weighted by Crippen LogP contribution is 2.19. The fraction of sp³-hybridized carbons (Fsp3) is 0.625. The van der Waals surface area contributed by atoms with Crippen molar-refractivity contribution in [3.05, 3.63) is 29.8 Å². The molecule has 0 amide bonds. The van der Waals surface area contributed by atoms with Crippen LogP contribution in [0.4, 0.5) is 5.69 Å². The summed E-state index contributed by atoms with van der Waals surface area (Å²) in [5.41, 5.74) is 7.99. The topological polar surface area (TPSA) is 29.3 Å². The Morgan fingerprint density at radius 2 is 1.94 bits per heavy atom. The van der Waals surface area contributed by atoms with Crippen molar-refractivity contribution in [1.29, 1.82) is 0 Å². The smallest absolute Gasteiger partial charge is 0.0314 e. The highest BCUT2D eigenvalue weighted by Gasteiger charge is 2.18. The van der Waals surface area contributed by atoms with Gasteiger partial charge in [-0.15, -0.1) is 0 Å². The lowest BCUT2D eigenvalue weighted by molar-refractivity contribution is 0.197. The van der Waals surface area contributed by atoms with Gasteiger partial charge in [-0.3, -0.25) is 0 Å². The number of hydrogen-bond acceptors (Lipinski definition) is 2. The summed E-state index contributed by atoms with van der Waals surface area (Å²) in [7, 11) is 0. The summed E-state index contributed by atoms with van der Waals surface area (Å²) in [5.74, 6) is 0. The van der Waals surface area contributed by atoms with Crippen LogP contribution < -0.4 is 5.73 Å². The molecule has 0 aromatic heterocycles. The van der Waals surface area contributed by atoms with Crippen molar-refractivity contribution in [2.24, 2.45) is 0 Å². The Morgan fingerprint density at radius 1 is 1.17 bits per heavy atom. The van der Waals surface area contributed by atoms with Gasteiger partial charge in [-0.25, -0.2) is 0 Å². The molecule has 1 atom stereocenters. The number of nitrogens with zero attached hydrogens (tertiary/aromatic N) is 1. The highest BCUT2D eigenvalue weighted by molar-refractivity contribution is 5.39. The molecule has 1 saturated heterocycles. The highest BCUT2D eigenvalue weighted by atomic mass is 15.1. The van der Waals surface area contributed by atoms with E-state index in [0.29, 0.717) is 0 Å². The zero-order chi connectivity index (χ0) is 12.8. The molecule has 1 aliphatic rings. The van der Waals surface area contributed by atoms with Crippen LogP contribution in [0.5, 0.6) is 0 Å². The van der Waals surface area contributed by atoms with E-state index in [-0.39, 0.29) is 0 Å². The molecular weight excluding hydrogens is 220 g/mol. The minimum Gasteiger partial charge on any atom is -0.399 e. The van der Waals surface area contributed by atoms with Gasteiger partial charge in [0.2, 0.25) is 0 Å². The van der Waals surface area contributed by atoms with Crippen LogP contribution >= 0.6 is 0 Å². The molecule has 1 heterocycles. The summed E-state index contributed by atoms with van der Waals surface area (Å²) in [4.78, 5) is 2.70. The Kier molecular flexibility index (Phi) is 5.06. The van der Waals surface area contributed by atoms with E-state index in [4.69, 9.17) is 5.73 Å². The van der Waals surface area contributed by atoms with Gasteiger partial charge in [0.1, 0.15) is 0 Å². The predicted octanol–water partition coefficient (Wildman–Crippen LogP) is 3.47. The zero-order valence-corrected chi connectivity index (χ0v) is 11.6. The summed E-state index contributed by atoms with van der Waals surface area (Å²) in [6.07, 6.45) is 8.03. The average molecular weight is 246 g/mol. The molecule has 0 radical (unpaired) electrons. The van der Waals surface area contributed by atoms with E-state index in [1.807, 2.05) is 12.1 Å². The monoisotopic (exact) mass is 246 g/mol. The van der Waals surface area contributed by atoms with E-state index in [1.165, 1.54) is 50.8 Å². The van der Waals surface area contributed by atoms with Gasteiger partial charge in [0, 0.05) is 18.3 Å². The molecule has 0 spiro atoms. The predicted molar refractivity (Wildman–Crippen MR) is 78.7 cm³/mol. The molecule has 2 heteroatoms. The molecule has 1 unspecified atom stereocenters. The number of nitrogens with two attached hydrogens (primary N) is 1. The Labute approximate surface area is 111 Å². The van der Waals surface area contributed by atoms with Gasteiger partial charge in [0.25, 0.3) is 0 Å². The number of anilines is 1. The van der Waals surface area contributed by atoms with E-state index < -0.39 is 0 Å². The van der Waals surface area contributed by atoms with Crippen molar-refractivity contribution < 1.29 is 0 Å². The third-order valence-electron chi connectivity index (χ3n) is 4.14. The maximum atomic E-state index is 5.72. The molecule has 1 aromatic rings. The fourth-order valence-electron chi connectivity index (χ4n) is 2.95. The minimum atomic E-state index is 0.807. The Balaban J connectivity index is 1.88. The van der Waals surface area contributed by atoms with Crippen molar-refractivity contribution in [3.63, 3.8) is 0 Å². The van der Waals surface area contributed by atoms with E-state index in [9.17, 15) is 0 Å². The van der Waals surface area contributed by atoms with Crippen molar-refractivity contribution in [3.8, 4) is 0 Å². The van der Waals surface area contributed by atoms with E-state index >= 15 is 0 Å². The number of benzene rings is 1. The van der Waals surface area contributed by atoms with Crippen LogP contribution in [0.3, 0.4) is 0 Å². The molecule has 0 saturated carbocycles. The maximum absolute atomic E-state index is 5.72. The van der Waals surface area contributed by atoms with E-state index in [2.05, 4.69) is 24.0 Å². The summed E-state index contributed by atoms with van der Waals surface area (Å²) >= 11 is 0. The normalized spacial score (nSPS) is 21.7. The number of hydrogen-bond donors (Lipinski definition) is 1. The zero-order valence-electron chi connectivity index (χ0n) is 11.6.